The summed E-state index contributed by atoms with van der Waals surface area (Å²) < 4.78 is 4.27. The summed E-state index contributed by atoms with van der Waals surface area (Å²) in [7, 11) is 0. The number of carbonyl (C=O) groups is 1. The molecule has 2 rings (SSSR count). The maximum atomic E-state index is 11.0. The first-order chi connectivity index (χ1) is 8.49. The second kappa shape index (κ2) is 5.11. The van der Waals surface area contributed by atoms with Gasteiger partial charge in [0.1, 0.15) is 4.75 Å². The Bertz CT molecular complexity index is 534. The molecule has 0 saturated heterocycles. The summed E-state index contributed by atoms with van der Waals surface area (Å²) in [5, 5.41) is 14.8. The Morgan fingerprint density at radius 3 is 3.00 bits per heavy atom. The summed E-state index contributed by atoms with van der Waals surface area (Å²) in [6, 6.07) is 3.81. The molecule has 2 heterocycles. The van der Waals surface area contributed by atoms with E-state index >= 15 is 0 Å². The van der Waals surface area contributed by atoms with Gasteiger partial charge in [-0.15, -0.1) is 23.1 Å². The Balaban J connectivity index is 2.02. The van der Waals surface area contributed by atoms with Crippen LogP contribution in [0.3, 0.4) is 0 Å². The van der Waals surface area contributed by atoms with Crippen LogP contribution in [0.5, 0.6) is 0 Å². The van der Waals surface area contributed by atoms with E-state index in [-0.39, 0.29) is 0 Å². The number of thioether (sulfide) groups is 1. The van der Waals surface area contributed by atoms with E-state index < -0.39 is 10.7 Å². The Morgan fingerprint density at radius 1 is 1.61 bits per heavy atom. The minimum atomic E-state index is -0.857. The van der Waals surface area contributed by atoms with E-state index in [0.717, 1.165) is 4.88 Å². The van der Waals surface area contributed by atoms with Crippen molar-refractivity contribution in [3.05, 3.63) is 23.3 Å². The maximum Gasteiger partial charge on any atom is 0.319 e. The largest absolute Gasteiger partial charge is 0.480 e. The number of hydrogen-bond acceptors (Lipinski definition) is 6. The molecule has 0 aliphatic carbocycles. The molecule has 96 valence electrons. The average molecular weight is 284 g/mol. The van der Waals surface area contributed by atoms with E-state index in [4.69, 9.17) is 9.63 Å². The van der Waals surface area contributed by atoms with Crippen LogP contribution >= 0.6 is 23.1 Å². The first-order valence-electron chi connectivity index (χ1n) is 5.23. The number of hydrogen-bond donors (Lipinski definition) is 1. The predicted molar refractivity (Wildman–Crippen MR) is 70.6 cm³/mol. The first kappa shape index (κ1) is 13.1. The van der Waals surface area contributed by atoms with Crippen LogP contribution in [-0.2, 0) is 10.5 Å². The molecule has 0 aromatic carbocycles. The minimum Gasteiger partial charge on any atom is -0.480 e. The number of rotatable bonds is 5. The van der Waals surface area contributed by atoms with E-state index in [2.05, 4.69) is 10.1 Å². The van der Waals surface area contributed by atoms with Crippen molar-refractivity contribution in [3.8, 4) is 10.8 Å². The van der Waals surface area contributed by atoms with Gasteiger partial charge in [0.05, 0.1) is 10.6 Å². The van der Waals surface area contributed by atoms with Crippen LogP contribution in [0.2, 0.25) is 0 Å². The van der Waals surface area contributed by atoms with Crippen molar-refractivity contribution in [2.45, 2.75) is 24.3 Å². The second-order valence-electron chi connectivity index (χ2n) is 4.10. The van der Waals surface area contributed by atoms with Gasteiger partial charge in [0.15, 0.2) is 5.82 Å². The number of carboxylic acids is 1. The first-order valence-corrected chi connectivity index (χ1v) is 7.09. The fourth-order valence-corrected chi connectivity index (χ4v) is 2.49. The van der Waals surface area contributed by atoms with Gasteiger partial charge in [0.2, 0.25) is 0 Å². The summed E-state index contributed by atoms with van der Waals surface area (Å²) in [4.78, 5) is 16.1. The average Bonchev–Trinajstić information content (AvgIpc) is 2.97. The zero-order valence-electron chi connectivity index (χ0n) is 9.91. The molecule has 1 N–H and O–H groups in total. The van der Waals surface area contributed by atoms with E-state index in [9.17, 15) is 4.79 Å². The molecule has 0 aliphatic rings. The summed E-state index contributed by atoms with van der Waals surface area (Å²) in [5.41, 5.74) is 0. The number of thiophene rings is 1. The highest BCUT2D eigenvalue weighted by Crippen LogP contribution is 2.29. The monoisotopic (exact) mass is 284 g/mol. The normalized spacial score (nSPS) is 11.7. The molecule has 0 atom stereocenters. The Labute approximate surface area is 112 Å². The molecule has 0 unspecified atom stereocenters. The van der Waals surface area contributed by atoms with Crippen LogP contribution in [0.15, 0.2) is 22.0 Å². The van der Waals surface area contributed by atoms with Crippen LogP contribution in [0.4, 0.5) is 0 Å². The zero-order valence-corrected chi connectivity index (χ0v) is 11.5. The third-order valence-corrected chi connectivity index (χ3v) is 4.43. The number of aromatic nitrogens is 2. The van der Waals surface area contributed by atoms with Crippen molar-refractivity contribution in [1.29, 1.82) is 0 Å². The number of nitrogens with zero attached hydrogens (tertiary/aromatic N) is 2. The lowest BCUT2D eigenvalue weighted by molar-refractivity contribution is -0.138. The number of aliphatic carboxylic acids is 1. The molecule has 0 bridgehead atoms. The molecule has 0 saturated carbocycles. The second-order valence-corrected chi connectivity index (χ2v) is 6.64. The topological polar surface area (TPSA) is 76.2 Å². The zero-order chi connectivity index (χ0) is 13.2. The van der Waals surface area contributed by atoms with Gasteiger partial charge in [-0.2, -0.15) is 4.98 Å². The smallest absolute Gasteiger partial charge is 0.319 e. The lowest BCUT2D eigenvalue weighted by Crippen LogP contribution is -2.27. The molecule has 0 radical (unpaired) electrons. The third kappa shape index (κ3) is 2.91. The van der Waals surface area contributed by atoms with Crippen LogP contribution in [0, 0.1) is 0 Å². The summed E-state index contributed by atoms with van der Waals surface area (Å²) in [5.74, 6) is 0.551. The van der Waals surface area contributed by atoms with Crippen molar-refractivity contribution in [2.75, 3.05) is 0 Å². The van der Waals surface area contributed by atoms with Crippen molar-refractivity contribution >= 4 is 29.1 Å². The lowest BCUT2D eigenvalue weighted by Gasteiger charge is -2.16. The summed E-state index contributed by atoms with van der Waals surface area (Å²) in [6.07, 6.45) is 0. The highest BCUT2D eigenvalue weighted by atomic mass is 32.2. The van der Waals surface area contributed by atoms with Gasteiger partial charge < -0.3 is 9.63 Å². The van der Waals surface area contributed by atoms with Crippen LogP contribution in [-0.4, -0.2) is 26.0 Å². The Morgan fingerprint density at radius 2 is 2.39 bits per heavy atom. The van der Waals surface area contributed by atoms with Crippen molar-refractivity contribution < 1.29 is 14.4 Å². The van der Waals surface area contributed by atoms with E-state index in [1.807, 2.05) is 17.5 Å². The Kier molecular flexibility index (Phi) is 3.72. The van der Waals surface area contributed by atoms with E-state index in [1.165, 1.54) is 23.1 Å². The molecule has 2 aromatic rings. The molecule has 5 nitrogen and oxygen atoms in total. The lowest BCUT2D eigenvalue weighted by atomic mass is 10.2. The highest BCUT2D eigenvalue weighted by molar-refractivity contribution is 8.00. The van der Waals surface area contributed by atoms with Crippen molar-refractivity contribution in [1.82, 2.24) is 10.1 Å². The van der Waals surface area contributed by atoms with Crippen LogP contribution < -0.4 is 0 Å². The SMILES string of the molecule is CC(C)(SCc1noc(-c2cccs2)n1)C(=O)O. The summed E-state index contributed by atoms with van der Waals surface area (Å²) >= 11 is 2.79. The fraction of sp³-hybridized carbons (Fsp3) is 0.364. The minimum absolute atomic E-state index is 0.411. The van der Waals surface area contributed by atoms with Gasteiger partial charge in [-0.3, -0.25) is 4.79 Å². The molecule has 7 heteroatoms. The highest BCUT2D eigenvalue weighted by Gasteiger charge is 2.28. The van der Waals surface area contributed by atoms with Crippen LogP contribution in [0.25, 0.3) is 10.8 Å². The quantitative estimate of drug-likeness (QED) is 0.909. The van der Waals surface area contributed by atoms with Crippen molar-refractivity contribution in [2.24, 2.45) is 0 Å². The summed E-state index contributed by atoms with van der Waals surface area (Å²) in [6.45, 7) is 3.31. The molecule has 0 aliphatic heterocycles. The fourth-order valence-electron chi connectivity index (χ4n) is 1.12. The van der Waals surface area contributed by atoms with Gasteiger partial charge in [-0.1, -0.05) is 11.2 Å². The van der Waals surface area contributed by atoms with Gasteiger partial charge in [-0.05, 0) is 25.3 Å². The number of carboxylic acid groups (broad SMARTS) is 1. The molecular weight excluding hydrogens is 272 g/mol. The third-order valence-electron chi connectivity index (χ3n) is 2.28. The standard InChI is InChI=1S/C11H12N2O3S2/c1-11(2,10(14)15)18-6-8-12-9(16-13-8)7-4-3-5-17-7/h3-5H,6H2,1-2H3,(H,14,15). The molecule has 0 amide bonds. The predicted octanol–water partition coefficient (Wildman–Crippen LogP) is 2.89. The molecule has 0 fully saturated rings. The molecular formula is C11H12N2O3S2. The van der Waals surface area contributed by atoms with E-state index in [1.54, 1.807) is 13.8 Å². The van der Waals surface area contributed by atoms with Gasteiger partial charge in [0.25, 0.3) is 5.89 Å². The van der Waals surface area contributed by atoms with Gasteiger partial charge in [-0.25, -0.2) is 0 Å². The maximum absolute atomic E-state index is 11.0. The van der Waals surface area contributed by atoms with Gasteiger partial charge in [0, 0.05) is 0 Å². The molecule has 2 aromatic heterocycles. The Hall–Kier alpha value is -1.34. The molecule has 18 heavy (non-hydrogen) atoms. The van der Waals surface area contributed by atoms with Gasteiger partial charge >= 0.3 is 5.97 Å². The van der Waals surface area contributed by atoms with Crippen molar-refractivity contribution in [3.63, 3.8) is 0 Å². The van der Waals surface area contributed by atoms with E-state index in [0.29, 0.717) is 17.5 Å². The van der Waals surface area contributed by atoms with Crippen LogP contribution in [0.1, 0.15) is 19.7 Å². The molecule has 0 spiro atoms.